The van der Waals surface area contributed by atoms with Crippen LogP contribution in [0.15, 0.2) is 72.8 Å². The van der Waals surface area contributed by atoms with Crippen LogP contribution in [0, 0.1) is 0 Å². The van der Waals surface area contributed by atoms with Gasteiger partial charge in [-0.05, 0) is 48.9 Å². The van der Waals surface area contributed by atoms with Crippen LogP contribution in [0.3, 0.4) is 0 Å². The third-order valence-electron chi connectivity index (χ3n) is 4.56. The van der Waals surface area contributed by atoms with Gasteiger partial charge in [-0.1, -0.05) is 30.3 Å². The summed E-state index contributed by atoms with van der Waals surface area (Å²) in [5.41, 5.74) is 1.73. The average molecular weight is 405 g/mol. The largest absolute Gasteiger partial charge is 0.489 e. The number of carbonyl (C=O) groups is 1. The zero-order valence-corrected chi connectivity index (χ0v) is 16.7. The van der Waals surface area contributed by atoms with Crippen molar-refractivity contribution in [3.05, 3.63) is 78.4 Å². The molecule has 154 valence electrons. The van der Waals surface area contributed by atoms with Crippen molar-refractivity contribution < 1.29 is 23.7 Å². The van der Waals surface area contributed by atoms with Gasteiger partial charge in [0.1, 0.15) is 31.3 Å². The summed E-state index contributed by atoms with van der Waals surface area (Å²) in [4.78, 5) is 12.5. The number of rotatable bonds is 7. The van der Waals surface area contributed by atoms with Crippen LogP contribution in [-0.2, 0) is 11.4 Å². The first-order valence-electron chi connectivity index (χ1n) is 9.81. The first kappa shape index (κ1) is 19.6. The molecule has 0 radical (unpaired) electrons. The van der Waals surface area contributed by atoms with E-state index in [1.807, 2.05) is 42.5 Å². The normalized spacial score (nSPS) is 13.2. The highest BCUT2D eigenvalue weighted by atomic mass is 16.6. The SMILES string of the molecule is C[C@@H](Oc1ccc(OCc2ccccc2)cc1)C(=O)Nc1ccc2c(c1)OCCO2. The Morgan fingerprint density at radius 1 is 0.933 bits per heavy atom. The monoisotopic (exact) mass is 405 g/mol. The molecule has 30 heavy (non-hydrogen) atoms. The summed E-state index contributed by atoms with van der Waals surface area (Å²) >= 11 is 0. The van der Waals surface area contributed by atoms with E-state index in [4.69, 9.17) is 18.9 Å². The fourth-order valence-electron chi connectivity index (χ4n) is 2.98. The van der Waals surface area contributed by atoms with Gasteiger partial charge >= 0.3 is 0 Å². The van der Waals surface area contributed by atoms with Crippen LogP contribution in [-0.4, -0.2) is 25.2 Å². The van der Waals surface area contributed by atoms with Crippen molar-refractivity contribution in [2.45, 2.75) is 19.6 Å². The number of ether oxygens (including phenoxy) is 4. The molecule has 6 nitrogen and oxygen atoms in total. The maximum Gasteiger partial charge on any atom is 0.265 e. The summed E-state index contributed by atoms with van der Waals surface area (Å²) in [7, 11) is 0. The van der Waals surface area contributed by atoms with Crippen molar-refractivity contribution in [3.8, 4) is 23.0 Å². The number of amides is 1. The van der Waals surface area contributed by atoms with Gasteiger partial charge in [0.15, 0.2) is 17.6 Å². The van der Waals surface area contributed by atoms with E-state index >= 15 is 0 Å². The van der Waals surface area contributed by atoms with Gasteiger partial charge in [-0.2, -0.15) is 0 Å². The van der Waals surface area contributed by atoms with Crippen LogP contribution < -0.4 is 24.3 Å². The molecular formula is C24H23NO5. The lowest BCUT2D eigenvalue weighted by molar-refractivity contribution is -0.122. The summed E-state index contributed by atoms with van der Waals surface area (Å²) in [5, 5.41) is 2.84. The van der Waals surface area contributed by atoms with Gasteiger partial charge in [0.25, 0.3) is 5.91 Å². The van der Waals surface area contributed by atoms with E-state index in [0.717, 1.165) is 11.3 Å². The maximum absolute atomic E-state index is 12.5. The third-order valence-corrected chi connectivity index (χ3v) is 4.56. The highest BCUT2D eigenvalue weighted by Gasteiger charge is 2.17. The molecule has 0 spiro atoms. The number of anilines is 1. The van der Waals surface area contributed by atoms with Crippen molar-refractivity contribution in [2.75, 3.05) is 18.5 Å². The molecule has 1 amide bonds. The number of carbonyl (C=O) groups excluding carboxylic acids is 1. The maximum atomic E-state index is 12.5. The van der Waals surface area contributed by atoms with Gasteiger partial charge in [0.2, 0.25) is 0 Å². The molecule has 0 unspecified atom stereocenters. The van der Waals surface area contributed by atoms with Crippen molar-refractivity contribution >= 4 is 11.6 Å². The van der Waals surface area contributed by atoms with Gasteiger partial charge in [-0.15, -0.1) is 0 Å². The Morgan fingerprint density at radius 3 is 2.40 bits per heavy atom. The molecule has 3 aromatic rings. The molecule has 4 rings (SSSR count). The summed E-state index contributed by atoms with van der Waals surface area (Å²) < 4.78 is 22.6. The first-order chi connectivity index (χ1) is 14.7. The molecule has 1 aliphatic rings. The van der Waals surface area contributed by atoms with Crippen molar-refractivity contribution in [2.24, 2.45) is 0 Å². The van der Waals surface area contributed by atoms with Crippen LogP contribution in [0.2, 0.25) is 0 Å². The van der Waals surface area contributed by atoms with E-state index in [-0.39, 0.29) is 5.91 Å². The molecule has 1 atom stereocenters. The minimum atomic E-state index is -0.672. The van der Waals surface area contributed by atoms with E-state index in [9.17, 15) is 4.79 Å². The van der Waals surface area contributed by atoms with Gasteiger partial charge in [0.05, 0.1) is 0 Å². The quantitative estimate of drug-likeness (QED) is 0.629. The molecule has 0 saturated heterocycles. The Morgan fingerprint density at radius 2 is 1.63 bits per heavy atom. The second-order valence-electron chi connectivity index (χ2n) is 6.85. The number of nitrogens with one attached hydrogen (secondary N) is 1. The highest BCUT2D eigenvalue weighted by Crippen LogP contribution is 2.32. The molecule has 1 N–H and O–H groups in total. The van der Waals surface area contributed by atoms with Gasteiger partial charge < -0.3 is 24.3 Å². The summed E-state index contributed by atoms with van der Waals surface area (Å²) in [6, 6.07) is 22.5. The molecule has 0 saturated carbocycles. The van der Waals surface area contributed by atoms with Crippen LogP contribution >= 0.6 is 0 Å². The van der Waals surface area contributed by atoms with E-state index in [2.05, 4.69) is 5.32 Å². The van der Waals surface area contributed by atoms with E-state index in [0.29, 0.717) is 42.8 Å². The smallest absolute Gasteiger partial charge is 0.265 e. The molecular weight excluding hydrogens is 382 g/mol. The highest BCUT2D eigenvalue weighted by molar-refractivity contribution is 5.94. The van der Waals surface area contributed by atoms with Gasteiger partial charge in [0, 0.05) is 11.8 Å². The second kappa shape index (κ2) is 9.22. The fraction of sp³-hybridized carbons (Fsp3) is 0.208. The average Bonchev–Trinajstić information content (AvgIpc) is 2.79. The molecule has 0 aliphatic carbocycles. The predicted octanol–water partition coefficient (Wildman–Crippen LogP) is 4.44. The third kappa shape index (κ3) is 5.03. The number of fused-ring (bicyclic) bond motifs is 1. The Labute approximate surface area is 175 Å². The predicted molar refractivity (Wildman–Crippen MR) is 113 cm³/mol. The van der Waals surface area contributed by atoms with E-state index < -0.39 is 6.10 Å². The second-order valence-corrected chi connectivity index (χ2v) is 6.85. The summed E-state index contributed by atoms with van der Waals surface area (Å²) in [5.74, 6) is 2.37. The molecule has 1 aliphatic heterocycles. The fourth-order valence-corrected chi connectivity index (χ4v) is 2.98. The molecule has 0 bridgehead atoms. The zero-order valence-electron chi connectivity index (χ0n) is 16.7. The Kier molecular flexibility index (Phi) is 6.03. The lowest BCUT2D eigenvalue weighted by atomic mass is 10.2. The Bertz CT molecular complexity index is 988. The number of hydrogen-bond acceptors (Lipinski definition) is 5. The topological polar surface area (TPSA) is 66.0 Å². The van der Waals surface area contributed by atoms with Crippen molar-refractivity contribution in [1.29, 1.82) is 0 Å². The molecule has 1 heterocycles. The molecule has 6 heteroatoms. The van der Waals surface area contributed by atoms with Crippen LogP contribution in [0.4, 0.5) is 5.69 Å². The lowest BCUT2D eigenvalue weighted by Crippen LogP contribution is -2.30. The van der Waals surface area contributed by atoms with Crippen LogP contribution in [0.1, 0.15) is 12.5 Å². The lowest BCUT2D eigenvalue weighted by Gasteiger charge is -2.20. The Balaban J connectivity index is 1.29. The standard InChI is InChI=1S/C24H23NO5/c1-17(24(26)25-19-7-12-22-23(15-19)28-14-13-27-22)30-21-10-8-20(9-11-21)29-16-18-5-3-2-4-6-18/h2-12,15,17H,13-14,16H2,1H3,(H,25,26)/t17-/m1/s1. The van der Waals surface area contributed by atoms with E-state index in [1.54, 1.807) is 37.3 Å². The van der Waals surface area contributed by atoms with Crippen LogP contribution in [0.25, 0.3) is 0 Å². The Hall–Kier alpha value is -3.67. The van der Waals surface area contributed by atoms with Crippen molar-refractivity contribution in [1.82, 2.24) is 0 Å². The first-order valence-corrected chi connectivity index (χ1v) is 9.81. The minimum Gasteiger partial charge on any atom is -0.489 e. The number of benzene rings is 3. The number of hydrogen-bond donors (Lipinski definition) is 1. The summed E-state index contributed by atoms with van der Waals surface area (Å²) in [6.07, 6.45) is -0.672. The molecule has 0 aromatic heterocycles. The van der Waals surface area contributed by atoms with Crippen molar-refractivity contribution in [3.63, 3.8) is 0 Å². The van der Waals surface area contributed by atoms with Gasteiger partial charge in [-0.25, -0.2) is 0 Å². The molecule has 3 aromatic carbocycles. The van der Waals surface area contributed by atoms with E-state index in [1.165, 1.54) is 0 Å². The van der Waals surface area contributed by atoms with Crippen LogP contribution in [0.5, 0.6) is 23.0 Å². The van der Waals surface area contributed by atoms with Gasteiger partial charge in [-0.3, -0.25) is 4.79 Å². The summed E-state index contributed by atoms with van der Waals surface area (Å²) in [6.45, 7) is 3.22. The zero-order chi connectivity index (χ0) is 20.8. The molecule has 0 fully saturated rings. The minimum absolute atomic E-state index is 0.254.